The number of hydrogen-bond donors (Lipinski definition) is 2. The van der Waals surface area contributed by atoms with E-state index in [-0.39, 0.29) is 23.6 Å². The van der Waals surface area contributed by atoms with E-state index in [1.165, 1.54) is 12.1 Å². The topological polar surface area (TPSA) is 97.1 Å². The number of imidazole rings is 1. The highest BCUT2D eigenvalue weighted by Crippen LogP contribution is 2.37. The first kappa shape index (κ1) is 21.7. The number of carbonyl (C=O) groups is 1. The van der Waals surface area contributed by atoms with Crippen LogP contribution < -0.4 is 10.5 Å². The number of H-pyrrole nitrogens is 1. The summed E-state index contributed by atoms with van der Waals surface area (Å²) >= 11 is 0. The van der Waals surface area contributed by atoms with Gasteiger partial charge in [0.05, 0.1) is 5.52 Å². The Kier molecular flexibility index (Phi) is 5.48. The molecule has 0 radical (unpaired) electrons. The maximum atomic E-state index is 12.8. The Hall–Kier alpha value is -3.14. The lowest BCUT2D eigenvalue weighted by Crippen LogP contribution is -2.38. The molecule has 1 aromatic carbocycles. The number of hydrogen-bond acceptors (Lipinski definition) is 5. The molecule has 0 bridgehead atoms. The number of benzene rings is 1. The molecular formula is C23H24F3N5O2. The molecule has 3 aromatic rings. The quantitative estimate of drug-likeness (QED) is 0.613. The Morgan fingerprint density at radius 3 is 2.42 bits per heavy atom. The van der Waals surface area contributed by atoms with Crippen molar-refractivity contribution in [2.45, 2.75) is 49.9 Å². The van der Waals surface area contributed by atoms with E-state index in [0.29, 0.717) is 30.2 Å². The summed E-state index contributed by atoms with van der Waals surface area (Å²) in [5.41, 5.74) is 9.08. The minimum atomic E-state index is -4.76. The summed E-state index contributed by atoms with van der Waals surface area (Å²) in [5.74, 6) is 1.02. The molecule has 174 valence electrons. The van der Waals surface area contributed by atoms with Gasteiger partial charge in [-0.25, -0.2) is 9.97 Å². The van der Waals surface area contributed by atoms with Crippen LogP contribution in [0.4, 0.5) is 13.2 Å². The van der Waals surface area contributed by atoms with Crippen LogP contribution in [0.2, 0.25) is 0 Å². The Morgan fingerprint density at radius 1 is 1.09 bits per heavy atom. The molecule has 1 amide bonds. The standard InChI is InChI=1S/C23H24F3N5O2/c24-23(25,26)33-17-3-1-14(2-4-17)22(32)31-9-6-13(7-10-31)18-5-8-28-21-19(18)29-20(30-21)15-11-16(27)12-15/h1-5,8,13,15-16H,6-7,9-12,27H2,(H,28,29,30). The lowest BCUT2D eigenvalue weighted by Gasteiger charge is -2.32. The lowest BCUT2D eigenvalue weighted by atomic mass is 9.80. The predicted octanol–water partition coefficient (Wildman–Crippen LogP) is 4.08. The average Bonchev–Trinajstić information content (AvgIpc) is 3.20. The number of amides is 1. The van der Waals surface area contributed by atoms with Crippen molar-refractivity contribution in [3.05, 3.63) is 53.5 Å². The Labute approximate surface area is 188 Å². The van der Waals surface area contributed by atoms with Gasteiger partial charge in [0.2, 0.25) is 0 Å². The summed E-state index contributed by atoms with van der Waals surface area (Å²) in [5, 5.41) is 0. The van der Waals surface area contributed by atoms with Crippen LogP contribution in [0.25, 0.3) is 11.2 Å². The molecule has 33 heavy (non-hydrogen) atoms. The fourth-order valence-electron chi connectivity index (χ4n) is 4.74. The fraction of sp³-hybridized carbons (Fsp3) is 0.435. The lowest BCUT2D eigenvalue weighted by molar-refractivity contribution is -0.274. The first-order chi connectivity index (χ1) is 15.8. The molecule has 0 atom stereocenters. The van der Waals surface area contributed by atoms with Gasteiger partial charge in [-0.1, -0.05) is 0 Å². The number of ether oxygens (including phenoxy) is 1. The van der Waals surface area contributed by atoms with Crippen LogP contribution in [0.5, 0.6) is 5.75 Å². The maximum absolute atomic E-state index is 12.8. The van der Waals surface area contributed by atoms with Crippen molar-refractivity contribution in [1.29, 1.82) is 0 Å². The van der Waals surface area contributed by atoms with Crippen LogP contribution in [-0.4, -0.2) is 51.3 Å². The Balaban J connectivity index is 1.24. The van der Waals surface area contributed by atoms with Crippen molar-refractivity contribution in [3.63, 3.8) is 0 Å². The number of pyridine rings is 1. The van der Waals surface area contributed by atoms with Crippen LogP contribution in [0.15, 0.2) is 36.5 Å². The third kappa shape index (κ3) is 4.52. The number of rotatable bonds is 4. The van der Waals surface area contributed by atoms with Gasteiger partial charge in [-0.2, -0.15) is 0 Å². The molecule has 1 aliphatic heterocycles. The second-order valence-corrected chi connectivity index (χ2v) is 8.79. The number of fused-ring (bicyclic) bond motifs is 1. The largest absolute Gasteiger partial charge is 0.573 e. The second-order valence-electron chi connectivity index (χ2n) is 8.79. The zero-order valence-corrected chi connectivity index (χ0v) is 17.8. The molecule has 1 aliphatic carbocycles. The van der Waals surface area contributed by atoms with E-state index < -0.39 is 6.36 Å². The molecule has 1 saturated heterocycles. The highest BCUT2D eigenvalue weighted by Gasteiger charge is 2.32. The second kappa shape index (κ2) is 8.33. The van der Waals surface area contributed by atoms with Crippen molar-refractivity contribution >= 4 is 17.1 Å². The van der Waals surface area contributed by atoms with E-state index in [1.807, 2.05) is 6.07 Å². The van der Waals surface area contributed by atoms with Gasteiger partial charge in [0, 0.05) is 36.8 Å². The first-order valence-electron chi connectivity index (χ1n) is 11.0. The van der Waals surface area contributed by atoms with E-state index in [2.05, 4.69) is 19.7 Å². The summed E-state index contributed by atoms with van der Waals surface area (Å²) in [7, 11) is 0. The number of nitrogens with one attached hydrogen (secondary N) is 1. The Bertz CT molecular complexity index is 1150. The zero-order chi connectivity index (χ0) is 23.2. The number of nitrogens with zero attached hydrogens (tertiary/aromatic N) is 3. The molecule has 0 spiro atoms. The summed E-state index contributed by atoms with van der Waals surface area (Å²) in [6.07, 6.45) is 0.437. The van der Waals surface area contributed by atoms with Crippen molar-refractivity contribution in [1.82, 2.24) is 19.9 Å². The maximum Gasteiger partial charge on any atom is 0.573 e. The molecule has 7 nitrogen and oxygen atoms in total. The normalized spacial score (nSPS) is 21.8. The highest BCUT2D eigenvalue weighted by molar-refractivity contribution is 5.94. The molecule has 3 N–H and O–H groups in total. The van der Waals surface area contributed by atoms with E-state index in [1.54, 1.807) is 11.1 Å². The molecule has 1 saturated carbocycles. The van der Waals surface area contributed by atoms with Crippen molar-refractivity contribution < 1.29 is 22.7 Å². The molecule has 2 aromatic heterocycles. The van der Waals surface area contributed by atoms with Crippen molar-refractivity contribution in [3.8, 4) is 5.75 Å². The number of piperidine rings is 1. The summed E-state index contributed by atoms with van der Waals surface area (Å²) < 4.78 is 40.9. The zero-order valence-electron chi connectivity index (χ0n) is 17.8. The van der Waals surface area contributed by atoms with Gasteiger partial charge in [-0.3, -0.25) is 4.79 Å². The van der Waals surface area contributed by atoms with E-state index >= 15 is 0 Å². The van der Waals surface area contributed by atoms with Gasteiger partial charge < -0.3 is 20.4 Å². The monoisotopic (exact) mass is 459 g/mol. The summed E-state index contributed by atoms with van der Waals surface area (Å²) in [4.78, 5) is 27.1. The van der Waals surface area contributed by atoms with Crippen LogP contribution in [-0.2, 0) is 0 Å². The third-order valence-corrected chi connectivity index (χ3v) is 6.56. The number of aromatic nitrogens is 3. The highest BCUT2D eigenvalue weighted by atomic mass is 19.4. The molecule has 5 rings (SSSR count). The first-order valence-corrected chi connectivity index (χ1v) is 11.0. The summed E-state index contributed by atoms with van der Waals surface area (Å²) in [6, 6.07) is 7.29. The smallest absolute Gasteiger partial charge is 0.406 e. The van der Waals surface area contributed by atoms with Gasteiger partial charge in [0.1, 0.15) is 11.6 Å². The van der Waals surface area contributed by atoms with E-state index in [9.17, 15) is 18.0 Å². The molecular weight excluding hydrogens is 435 g/mol. The van der Waals surface area contributed by atoms with Crippen LogP contribution in [0.1, 0.15) is 59.3 Å². The fourth-order valence-corrected chi connectivity index (χ4v) is 4.74. The molecule has 2 fully saturated rings. The van der Waals surface area contributed by atoms with Crippen molar-refractivity contribution in [2.24, 2.45) is 5.73 Å². The number of carbonyl (C=O) groups excluding carboxylic acids is 1. The molecule has 2 aliphatic rings. The van der Waals surface area contributed by atoms with Crippen LogP contribution >= 0.6 is 0 Å². The van der Waals surface area contributed by atoms with Gasteiger partial charge in [-0.05, 0) is 67.5 Å². The molecule has 10 heteroatoms. The number of likely N-dealkylation sites (tertiary alicyclic amines) is 1. The number of halogens is 3. The van der Waals surface area contributed by atoms with E-state index in [0.717, 1.165) is 54.7 Å². The van der Waals surface area contributed by atoms with E-state index in [4.69, 9.17) is 5.73 Å². The predicted molar refractivity (Wildman–Crippen MR) is 115 cm³/mol. The minimum Gasteiger partial charge on any atom is -0.406 e. The van der Waals surface area contributed by atoms with Gasteiger partial charge >= 0.3 is 6.36 Å². The van der Waals surface area contributed by atoms with Gasteiger partial charge in [0.25, 0.3) is 5.91 Å². The molecule has 0 unspecified atom stereocenters. The van der Waals surface area contributed by atoms with Crippen LogP contribution in [0.3, 0.4) is 0 Å². The summed E-state index contributed by atoms with van der Waals surface area (Å²) in [6.45, 7) is 1.12. The average molecular weight is 459 g/mol. The van der Waals surface area contributed by atoms with Gasteiger partial charge in [0.15, 0.2) is 5.65 Å². The SMILES string of the molecule is NC1CC(c2nc3nccc(C4CCN(C(=O)c5ccc(OC(F)(F)F)cc5)CC4)c3[nH]2)C1. The van der Waals surface area contributed by atoms with Crippen LogP contribution in [0, 0.1) is 0 Å². The number of aromatic amines is 1. The molecule has 3 heterocycles. The Morgan fingerprint density at radius 2 is 1.79 bits per heavy atom. The number of nitrogens with two attached hydrogens (primary N) is 1. The van der Waals surface area contributed by atoms with Crippen molar-refractivity contribution in [2.75, 3.05) is 13.1 Å². The number of alkyl halides is 3. The van der Waals surface area contributed by atoms with Gasteiger partial charge in [-0.15, -0.1) is 13.2 Å². The minimum absolute atomic E-state index is 0.197. The third-order valence-electron chi connectivity index (χ3n) is 6.56.